The van der Waals surface area contributed by atoms with Crippen LogP contribution in [0.4, 0.5) is 0 Å². The molecule has 0 N–H and O–H groups in total. The second-order valence-corrected chi connectivity index (χ2v) is 7.55. The van der Waals surface area contributed by atoms with E-state index in [0.717, 1.165) is 18.8 Å². The maximum atomic E-state index is 5.69. The quantitative estimate of drug-likeness (QED) is 0.273. The van der Waals surface area contributed by atoms with Crippen LogP contribution in [0.1, 0.15) is 96.8 Å². The summed E-state index contributed by atoms with van der Waals surface area (Å²) in [6, 6.07) is 0. The molecule has 144 valence electrons. The highest BCUT2D eigenvalue weighted by molar-refractivity contribution is 4.75. The van der Waals surface area contributed by atoms with Gasteiger partial charge < -0.3 is 14.2 Å². The molecule has 3 nitrogen and oxygen atoms in total. The summed E-state index contributed by atoms with van der Waals surface area (Å²) >= 11 is 0. The van der Waals surface area contributed by atoms with Gasteiger partial charge in [0.25, 0.3) is 5.97 Å². The molecule has 1 rings (SSSR count). The molecule has 0 aromatic carbocycles. The Morgan fingerprint density at radius 3 is 1.96 bits per heavy atom. The Balaban J connectivity index is 2.47. The lowest BCUT2D eigenvalue weighted by atomic mass is 9.82. The molecule has 0 heterocycles. The predicted octanol–water partition coefficient (Wildman–Crippen LogP) is 6.31. The fraction of sp³-hybridized carbons (Fsp3) is 1.00. The van der Waals surface area contributed by atoms with Crippen LogP contribution in [0.15, 0.2) is 0 Å². The molecule has 1 aliphatic carbocycles. The van der Waals surface area contributed by atoms with Crippen LogP contribution in [0.3, 0.4) is 0 Å². The van der Waals surface area contributed by atoms with Gasteiger partial charge in [0.05, 0.1) is 0 Å². The zero-order valence-corrected chi connectivity index (χ0v) is 16.8. The number of ether oxygens (including phenoxy) is 3. The van der Waals surface area contributed by atoms with Crippen molar-refractivity contribution in [3.05, 3.63) is 0 Å². The van der Waals surface area contributed by atoms with Crippen molar-refractivity contribution in [1.82, 2.24) is 0 Å². The number of unbranched alkanes of at least 4 members (excludes halogenated alkanes) is 5. The van der Waals surface area contributed by atoms with Crippen molar-refractivity contribution < 1.29 is 14.2 Å². The average molecular weight is 343 g/mol. The van der Waals surface area contributed by atoms with Crippen LogP contribution in [-0.4, -0.2) is 27.3 Å². The van der Waals surface area contributed by atoms with Crippen LogP contribution in [0.25, 0.3) is 0 Å². The lowest BCUT2D eigenvalue weighted by Crippen LogP contribution is -2.44. The zero-order chi connectivity index (χ0) is 17.7. The van der Waals surface area contributed by atoms with E-state index in [2.05, 4.69) is 6.92 Å². The molecule has 0 radical (unpaired) electrons. The first-order chi connectivity index (χ1) is 11.7. The summed E-state index contributed by atoms with van der Waals surface area (Å²) in [6.45, 7) is 2.27. The molecule has 24 heavy (non-hydrogen) atoms. The molecule has 0 aliphatic heterocycles. The van der Waals surface area contributed by atoms with Gasteiger partial charge in [-0.05, 0) is 25.2 Å². The normalized spacial score (nSPS) is 18.0. The van der Waals surface area contributed by atoms with E-state index in [1.165, 1.54) is 77.0 Å². The van der Waals surface area contributed by atoms with Gasteiger partial charge in [0.1, 0.15) is 0 Å². The molecule has 0 spiro atoms. The maximum Gasteiger partial charge on any atom is 0.285 e. The third-order valence-corrected chi connectivity index (χ3v) is 5.91. The summed E-state index contributed by atoms with van der Waals surface area (Å²) in [5, 5.41) is 0. The summed E-state index contributed by atoms with van der Waals surface area (Å²) in [6.07, 6.45) is 18.6. The fourth-order valence-corrected chi connectivity index (χ4v) is 4.33. The van der Waals surface area contributed by atoms with E-state index in [9.17, 15) is 0 Å². The minimum atomic E-state index is -0.863. The molecule has 3 heteroatoms. The van der Waals surface area contributed by atoms with E-state index in [1.54, 1.807) is 21.3 Å². The van der Waals surface area contributed by atoms with Crippen LogP contribution >= 0.6 is 0 Å². The van der Waals surface area contributed by atoms with Crippen LogP contribution < -0.4 is 0 Å². The zero-order valence-electron chi connectivity index (χ0n) is 16.8. The van der Waals surface area contributed by atoms with Crippen LogP contribution in [0.5, 0.6) is 0 Å². The lowest BCUT2D eigenvalue weighted by molar-refractivity contribution is -0.380. The summed E-state index contributed by atoms with van der Waals surface area (Å²) in [7, 11) is 5.13. The summed E-state index contributed by atoms with van der Waals surface area (Å²) in [5.74, 6) is 0.359. The highest BCUT2D eigenvalue weighted by Crippen LogP contribution is 2.36. The second-order valence-electron chi connectivity index (χ2n) is 7.55. The van der Waals surface area contributed by atoms with Crippen molar-refractivity contribution in [2.24, 2.45) is 11.8 Å². The molecule has 1 unspecified atom stereocenters. The Hall–Kier alpha value is -0.120. The summed E-state index contributed by atoms with van der Waals surface area (Å²) < 4.78 is 17.1. The first kappa shape index (κ1) is 21.9. The molecule has 1 aliphatic rings. The molecular formula is C21H42O3. The first-order valence-corrected chi connectivity index (χ1v) is 10.4. The molecule has 0 bridgehead atoms. The van der Waals surface area contributed by atoms with Crippen molar-refractivity contribution in [1.29, 1.82) is 0 Å². The lowest BCUT2D eigenvalue weighted by Gasteiger charge is -2.37. The van der Waals surface area contributed by atoms with E-state index in [-0.39, 0.29) is 0 Å². The number of methoxy groups -OCH3 is 3. The van der Waals surface area contributed by atoms with Gasteiger partial charge in [-0.3, -0.25) is 0 Å². The topological polar surface area (TPSA) is 27.7 Å². The summed E-state index contributed by atoms with van der Waals surface area (Å²) in [4.78, 5) is 0. The maximum absolute atomic E-state index is 5.69. The standard InChI is InChI=1S/C21H42O3/c1-5-6-7-8-9-13-16-20(21(22-2,23-3)24-4)18-17-19-14-11-10-12-15-19/h19-20H,5-18H2,1-4H3. The Morgan fingerprint density at radius 1 is 0.792 bits per heavy atom. The first-order valence-electron chi connectivity index (χ1n) is 10.4. The van der Waals surface area contributed by atoms with Crippen molar-refractivity contribution in [2.45, 2.75) is 103 Å². The second kappa shape index (κ2) is 13.1. The fourth-order valence-electron chi connectivity index (χ4n) is 4.33. The third-order valence-electron chi connectivity index (χ3n) is 5.91. The molecule has 0 aromatic heterocycles. The molecule has 0 aromatic rings. The van der Waals surface area contributed by atoms with Gasteiger partial charge in [0, 0.05) is 27.2 Å². The van der Waals surface area contributed by atoms with Gasteiger partial charge >= 0.3 is 0 Å². The number of rotatable bonds is 14. The molecule has 0 amide bonds. The Labute approximate surface area is 150 Å². The highest BCUT2D eigenvalue weighted by Gasteiger charge is 2.39. The van der Waals surface area contributed by atoms with Gasteiger partial charge in [-0.2, -0.15) is 0 Å². The third kappa shape index (κ3) is 7.41. The van der Waals surface area contributed by atoms with Gasteiger partial charge in [-0.15, -0.1) is 0 Å². The van der Waals surface area contributed by atoms with Crippen molar-refractivity contribution >= 4 is 0 Å². The largest absolute Gasteiger partial charge is 0.331 e. The van der Waals surface area contributed by atoms with Crippen molar-refractivity contribution in [3.63, 3.8) is 0 Å². The monoisotopic (exact) mass is 342 g/mol. The van der Waals surface area contributed by atoms with E-state index in [1.807, 2.05) is 0 Å². The van der Waals surface area contributed by atoms with E-state index < -0.39 is 5.97 Å². The minimum Gasteiger partial charge on any atom is -0.331 e. The van der Waals surface area contributed by atoms with Crippen molar-refractivity contribution in [3.8, 4) is 0 Å². The smallest absolute Gasteiger partial charge is 0.285 e. The number of hydrogen-bond acceptors (Lipinski definition) is 3. The molecule has 1 fully saturated rings. The minimum absolute atomic E-state index is 0.325. The Bertz CT molecular complexity index is 275. The van der Waals surface area contributed by atoms with Crippen LogP contribution in [0.2, 0.25) is 0 Å². The van der Waals surface area contributed by atoms with E-state index in [0.29, 0.717) is 5.92 Å². The van der Waals surface area contributed by atoms with Crippen LogP contribution in [-0.2, 0) is 14.2 Å². The van der Waals surface area contributed by atoms with Crippen LogP contribution in [0, 0.1) is 11.8 Å². The SMILES string of the molecule is CCCCCCCCC(CCC1CCCCC1)C(OC)(OC)OC. The molecule has 1 saturated carbocycles. The average Bonchev–Trinajstić information content (AvgIpc) is 2.64. The Morgan fingerprint density at radius 2 is 1.38 bits per heavy atom. The Kier molecular flexibility index (Phi) is 12.0. The molecule has 0 saturated heterocycles. The highest BCUT2D eigenvalue weighted by atomic mass is 16.9. The molecular weight excluding hydrogens is 300 g/mol. The predicted molar refractivity (Wildman–Crippen MR) is 101 cm³/mol. The van der Waals surface area contributed by atoms with E-state index >= 15 is 0 Å². The van der Waals surface area contributed by atoms with Gasteiger partial charge in [0.2, 0.25) is 0 Å². The van der Waals surface area contributed by atoms with Gasteiger partial charge in [-0.25, -0.2) is 0 Å². The van der Waals surface area contributed by atoms with Crippen molar-refractivity contribution in [2.75, 3.05) is 21.3 Å². The molecule has 1 atom stereocenters. The number of hydrogen-bond donors (Lipinski definition) is 0. The van der Waals surface area contributed by atoms with E-state index in [4.69, 9.17) is 14.2 Å². The van der Waals surface area contributed by atoms with Gasteiger partial charge in [-0.1, -0.05) is 77.6 Å². The summed E-state index contributed by atoms with van der Waals surface area (Å²) in [5.41, 5.74) is 0. The van der Waals surface area contributed by atoms with Gasteiger partial charge in [0.15, 0.2) is 0 Å².